The summed E-state index contributed by atoms with van der Waals surface area (Å²) >= 11 is 0. The van der Waals surface area contributed by atoms with Crippen molar-refractivity contribution in [1.82, 2.24) is 25.6 Å². The molecule has 6 aromatic rings. The molecule has 0 aliphatic rings. The van der Waals surface area contributed by atoms with Gasteiger partial charge >= 0.3 is 0 Å². The first kappa shape index (κ1) is 23.6. The molecule has 10 nitrogen and oxygen atoms in total. The van der Waals surface area contributed by atoms with Crippen molar-refractivity contribution in [2.24, 2.45) is 0 Å². The molecule has 0 saturated carbocycles. The molecule has 4 aromatic carbocycles. The summed E-state index contributed by atoms with van der Waals surface area (Å²) in [4.78, 5) is 29.2. The molecule has 6 rings (SSSR count). The Morgan fingerprint density at radius 3 is 2.51 bits per heavy atom. The summed E-state index contributed by atoms with van der Waals surface area (Å²) in [5.41, 5.74) is 3.72. The molecule has 39 heavy (non-hydrogen) atoms. The Kier molecular flexibility index (Phi) is 5.99. The van der Waals surface area contributed by atoms with Crippen LogP contribution in [-0.2, 0) is 11.2 Å². The Balaban J connectivity index is 1.22. The number of nitriles is 1. The third kappa shape index (κ3) is 4.80. The van der Waals surface area contributed by atoms with Crippen molar-refractivity contribution in [3.8, 4) is 17.5 Å². The topological polar surface area (TPSA) is 152 Å². The zero-order valence-corrected chi connectivity index (χ0v) is 20.4. The highest BCUT2D eigenvalue weighted by Crippen LogP contribution is 2.28. The van der Waals surface area contributed by atoms with Crippen LogP contribution in [0.2, 0.25) is 0 Å². The van der Waals surface area contributed by atoms with E-state index in [2.05, 4.69) is 42.3 Å². The summed E-state index contributed by atoms with van der Waals surface area (Å²) in [6.45, 7) is 0. The van der Waals surface area contributed by atoms with E-state index < -0.39 is 5.91 Å². The smallest absolute Gasteiger partial charge is 0.272 e. The predicted molar refractivity (Wildman–Crippen MR) is 147 cm³/mol. The third-order valence-corrected chi connectivity index (χ3v) is 6.35. The number of tetrazole rings is 1. The molecule has 10 heteroatoms. The van der Waals surface area contributed by atoms with Crippen molar-refractivity contribution in [2.75, 3.05) is 10.6 Å². The largest absolute Gasteiger partial charge is 0.349 e. The second kappa shape index (κ2) is 9.91. The van der Waals surface area contributed by atoms with Crippen LogP contribution in [0.3, 0.4) is 0 Å². The second-order valence-electron chi connectivity index (χ2n) is 8.94. The molecule has 0 aliphatic carbocycles. The maximum absolute atomic E-state index is 13.2. The number of nitrogens with zero attached hydrogens (tertiary/aromatic N) is 4. The summed E-state index contributed by atoms with van der Waals surface area (Å²) in [5, 5.41) is 31.8. The number of aromatic amines is 2. The number of hydrogen-bond acceptors (Lipinski definition) is 6. The van der Waals surface area contributed by atoms with Crippen molar-refractivity contribution < 1.29 is 9.59 Å². The van der Waals surface area contributed by atoms with Gasteiger partial charge in [0, 0.05) is 10.9 Å². The summed E-state index contributed by atoms with van der Waals surface area (Å²) in [7, 11) is 0. The van der Waals surface area contributed by atoms with Gasteiger partial charge in [-0.1, -0.05) is 54.6 Å². The lowest BCUT2D eigenvalue weighted by atomic mass is 10.0. The average molecular weight is 513 g/mol. The van der Waals surface area contributed by atoms with Gasteiger partial charge in [0.25, 0.3) is 5.91 Å². The molecule has 188 valence electrons. The number of para-hydroxylation sites is 1. The number of rotatable bonds is 6. The minimum atomic E-state index is -0.405. The van der Waals surface area contributed by atoms with Gasteiger partial charge in [0.15, 0.2) is 5.82 Å². The number of anilines is 2. The molecule has 0 spiro atoms. The lowest BCUT2D eigenvalue weighted by Crippen LogP contribution is -2.15. The van der Waals surface area contributed by atoms with Crippen LogP contribution in [0, 0.1) is 11.3 Å². The van der Waals surface area contributed by atoms with Crippen LogP contribution in [0.15, 0.2) is 84.9 Å². The second-order valence-corrected chi connectivity index (χ2v) is 8.94. The van der Waals surface area contributed by atoms with Gasteiger partial charge in [0.05, 0.1) is 34.9 Å². The molecular formula is C29H20N8O2. The standard InChI is InChI=1S/C29H20N8O2/c30-16-18-9-11-23(22(13-18)28-34-36-37-35-28)33-29(39)25-15-21-6-3-7-24(27(21)32-25)31-26(38)14-17-8-10-19-4-1-2-5-20(19)12-17/h1-13,15,32H,14H2,(H,31,38)(H,33,39)(H,34,35,36,37). The van der Waals surface area contributed by atoms with Crippen LogP contribution in [0.25, 0.3) is 33.1 Å². The van der Waals surface area contributed by atoms with E-state index in [1.165, 1.54) is 0 Å². The lowest BCUT2D eigenvalue weighted by Gasteiger charge is -2.09. The number of aromatic nitrogens is 5. The van der Waals surface area contributed by atoms with E-state index in [1.807, 2.05) is 54.6 Å². The number of nitrogens with one attached hydrogen (secondary N) is 4. The Hall–Kier alpha value is -5.82. The maximum Gasteiger partial charge on any atom is 0.272 e. The number of amides is 2. The highest BCUT2D eigenvalue weighted by molar-refractivity contribution is 6.10. The third-order valence-electron chi connectivity index (χ3n) is 6.35. The molecule has 2 heterocycles. The SMILES string of the molecule is N#Cc1ccc(NC(=O)c2cc3cccc(NC(=O)Cc4ccc5ccccc5c4)c3[nH]2)c(-c2nnn[nH]2)c1. The summed E-state index contributed by atoms with van der Waals surface area (Å²) in [5.74, 6) is -0.255. The van der Waals surface area contributed by atoms with E-state index in [-0.39, 0.29) is 12.3 Å². The minimum Gasteiger partial charge on any atom is -0.349 e. The van der Waals surface area contributed by atoms with Gasteiger partial charge in [-0.3, -0.25) is 9.59 Å². The zero-order valence-electron chi connectivity index (χ0n) is 20.4. The van der Waals surface area contributed by atoms with Crippen LogP contribution in [0.5, 0.6) is 0 Å². The van der Waals surface area contributed by atoms with E-state index in [0.717, 1.165) is 21.7 Å². The van der Waals surface area contributed by atoms with Crippen molar-refractivity contribution >= 4 is 44.9 Å². The van der Waals surface area contributed by atoms with Gasteiger partial charge in [0.2, 0.25) is 5.91 Å². The van der Waals surface area contributed by atoms with E-state index in [1.54, 1.807) is 30.3 Å². The first-order chi connectivity index (χ1) is 19.1. The Bertz CT molecular complexity index is 1900. The number of H-pyrrole nitrogens is 2. The van der Waals surface area contributed by atoms with Gasteiger partial charge in [-0.05, 0) is 57.1 Å². The highest BCUT2D eigenvalue weighted by atomic mass is 16.2. The quantitative estimate of drug-likeness (QED) is 0.251. The van der Waals surface area contributed by atoms with Crippen LogP contribution >= 0.6 is 0 Å². The fraction of sp³-hybridized carbons (Fsp3) is 0.0345. The molecule has 0 fully saturated rings. The van der Waals surface area contributed by atoms with Gasteiger partial charge in [-0.25, -0.2) is 5.10 Å². The number of benzene rings is 4. The van der Waals surface area contributed by atoms with E-state index in [0.29, 0.717) is 39.5 Å². The molecule has 0 atom stereocenters. The summed E-state index contributed by atoms with van der Waals surface area (Å²) in [6.07, 6.45) is 0.216. The predicted octanol–water partition coefficient (Wildman–Crippen LogP) is 4.81. The number of fused-ring (bicyclic) bond motifs is 2. The van der Waals surface area contributed by atoms with Crippen molar-refractivity contribution in [2.45, 2.75) is 6.42 Å². The minimum absolute atomic E-state index is 0.165. The number of carbonyl (C=O) groups excluding carboxylic acids is 2. The van der Waals surface area contributed by atoms with E-state index >= 15 is 0 Å². The molecule has 0 radical (unpaired) electrons. The zero-order chi connectivity index (χ0) is 26.8. The maximum atomic E-state index is 13.2. The number of hydrogen-bond donors (Lipinski definition) is 4. The van der Waals surface area contributed by atoms with Gasteiger partial charge < -0.3 is 15.6 Å². The summed E-state index contributed by atoms with van der Waals surface area (Å²) in [6, 6.07) is 28.0. The molecule has 2 amide bonds. The first-order valence-electron chi connectivity index (χ1n) is 12.1. The number of carbonyl (C=O) groups is 2. The van der Waals surface area contributed by atoms with Gasteiger partial charge in [0.1, 0.15) is 5.69 Å². The molecule has 0 bridgehead atoms. The molecule has 0 saturated heterocycles. The van der Waals surface area contributed by atoms with Gasteiger partial charge in [-0.15, -0.1) is 5.10 Å². The lowest BCUT2D eigenvalue weighted by molar-refractivity contribution is -0.115. The average Bonchev–Trinajstić information content (AvgIpc) is 3.64. The normalized spacial score (nSPS) is 10.8. The summed E-state index contributed by atoms with van der Waals surface area (Å²) < 4.78 is 0. The molecule has 0 aliphatic heterocycles. The molecule has 0 unspecified atom stereocenters. The Morgan fingerprint density at radius 2 is 1.69 bits per heavy atom. The van der Waals surface area contributed by atoms with Crippen molar-refractivity contribution in [1.29, 1.82) is 5.26 Å². The monoisotopic (exact) mass is 512 g/mol. The van der Waals surface area contributed by atoms with Crippen molar-refractivity contribution in [3.63, 3.8) is 0 Å². The van der Waals surface area contributed by atoms with Crippen LogP contribution in [0.1, 0.15) is 21.6 Å². The van der Waals surface area contributed by atoms with Crippen LogP contribution in [-0.4, -0.2) is 37.4 Å². The first-order valence-corrected chi connectivity index (χ1v) is 12.1. The van der Waals surface area contributed by atoms with Crippen LogP contribution < -0.4 is 10.6 Å². The van der Waals surface area contributed by atoms with Crippen LogP contribution in [0.4, 0.5) is 11.4 Å². The highest BCUT2D eigenvalue weighted by Gasteiger charge is 2.17. The van der Waals surface area contributed by atoms with Gasteiger partial charge in [-0.2, -0.15) is 5.26 Å². The molecular weight excluding hydrogens is 492 g/mol. The fourth-order valence-electron chi connectivity index (χ4n) is 4.49. The molecule has 2 aromatic heterocycles. The molecule has 4 N–H and O–H groups in total. The fourth-order valence-corrected chi connectivity index (χ4v) is 4.49. The Labute approximate surface area is 221 Å². The van der Waals surface area contributed by atoms with E-state index in [9.17, 15) is 14.9 Å². The Morgan fingerprint density at radius 1 is 0.846 bits per heavy atom. The van der Waals surface area contributed by atoms with E-state index in [4.69, 9.17) is 0 Å². The van der Waals surface area contributed by atoms with Crippen molar-refractivity contribution in [3.05, 3.63) is 102 Å².